The molecule has 1 aliphatic rings. The Morgan fingerprint density at radius 1 is 1.26 bits per heavy atom. The number of hydrogen-bond acceptors (Lipinski definition) is 4. The number of nitrogens with one attached hydrogen (secondary N) is 1. The molecule has 0 unspecified atom stereocenters. The second kappa shape index (κ2) is 8.29. The Bertz CT molecular complexity index is 876. The van der Waals surface area contributed by atoms with Crippen LogP contribution in [0.25, 0.3) is 10.9 Å². The lowest BCUT2D eigenvalue weighted by Gasteiger charge is -2.16. The molecule has 1 amide bonds. The maximum Gasteiger partial charge on any atom is 0.330 e. The molecule has 1 N–H and O–H groups in total. The molecule has 0 radical (unpaired) electrons. The fraction of sp³-hybridized carbons (Fsp3) is 0.429. The molecule has 6 heteroatoms. The fourth-order valence-electron chi connectivity index (χ4n) is 3.93. The lowest BCUT2D eigenvalue weighted by atomic mass is 10.1. The average Bonchev–Trinajstić information content (AvgIpc) is 3.29. The van der Waals surface area contributed by atoms with Gasteiger partial charge in [-0.15, -0.1) is 0 Å². The van der Waals surface area contributed by atoms with Crippen LogP contribution in [0.5, 0.6) is 5.75 Å². The minimum atomic E-state index is -0.442. The Hall–Kier alpha value is -2.76. The first-order valence-electron chi connectivity index (χ1n) is 9.28. The number of benzene rings is 1. The van der Waals surface area contributed by atoms with E-state index in [-0.39, 0.29) is 12.5 Å². The number of ether oxygens (including phenoxy) is 2. The van der Waals surface area contributed by atoms with Crippen LogP contribution in [0.1, 0.15) is 47.8 Å². The van der Waals surface area contributed by atoms with E-state index < -0.39 is 5.97 Å². The van der Waals surface area contributed by atoms with Gasteiger partial charge in [-0.3, -0.25) is 4.79 Å². The van der Waals surface area contributed by atoms with E-state index in [1.807, 2.05) is 25.1 Å². The van der Waals surface area contributed by atoms with Gasteiger partial charge < -0.3 is 19.4 Å². The fourth-order valence-corrected chi connectivity index (χ4v) is 3.93. The molecule has 0 spiro atoms. The number of carbonyl (C=O) groups excluding carboxylic acids is 2. The molecule has 0 saturated heterocycles. The van der Waals surface area contributed by atoms with Crippen LogP contribution in [0.3, 0.4) is 0 Å². The second-order valence-corrected chi connectivity index (χ2v) is 6.79. The van der Waals surface area contributed by atoms with Gasteiger partial charge >= 0.3 is 5.97 Å². The van der Waals surface area contributed by atoms with Gasteiger partial charge in [-0.05, 0) is 38.0 Å². The van der Waals surface area contributed by atoms with Crippen molar-refractivity contribution in [3.05, 3.63) is 41.6 Å². The van der Waals surface area contributed by atoms with Crippen molar-refractivity contribution in [1.29, 1.82) is 0 Å². The Morgan fingerprint density at radius 2 is 2.00 bits per heavy atom. The van der Waals surface area contributed by atoms with Crippen LogP contribution in [0.2, 0.25) is 0 Å². The van der Waals surface area contributed by atoms with Crippen molar-refractivity contribution in [3.8, 4) is 5.75 Å². The zero-order valence-corrected chi connectivity index (χ0v) is 16.1. The predicted octanol–water partition coefficient (Wildman–Crippen LogP) is 3.53. The van der Waals surface area contributed by atoms with Gasteiger partial charge in [-0.25, -0.2) is 4.79 Å². The zero-order chi connectivity index (χ0) is 19.4. The highest BCUT2D eigenvalue weighted by atomic mass is 16.5. The van der Waals surface area contributed by atoms with E-state index in [1.165, 1.54) is 26.0 Å². The van der Waals surface area contributed by atoms with Gasteiger partial charge in [-0.1, -0.05) is 18.9 Å². The number of esters is 1. The number of fused-ring (bicyclic) bond motifs is 1. The molecular weight excluding hydrogens is 344 g/mol. The number of aromatic nitrogens is 1. The van der Waals surface area contributed by atoms with Gasteiger partial charge in [0, 0.05) is 35.3 Å². The smallest absolute Gasteiger partial charge is 0.330 e. The average molecular weight is 370 g/mol. The molecular formula is C21H26N2O4. The van der Waals surface area contributed by atoms with E-state index in [0.717, 1.165) is 35.2 Å². The van der Waals surface area contributed by atoms with Gasteiger partial charge in [0.05, 0.1) is 19.8 Å². The first kappa shape index (κ1) is 19.0. The van der Waals surface area contributed by atoms with E-state index in [2.05, 4.69) is 14.6 Å². The SMILES string of the molecule is COC(=O)/C=C/CNC(=O)c1c(C)n(C2CCCC2)c2ccc(OC)cc12. The Labute approximate surface area is 159 Å². The highest BCUT2D eigenvalue weighted by Crippen LogP contribution is 2.38. The number of carbonyl (C=O) groups is 2. The van der Waals surface area contributed by atoms with Crippen LogP contribution in [0, 0.1) is 6.92 Å². The molecule has 2 aromatic rings. The van der Waals surface area contributed by atoms with E-state index in [4.69, 9.17) is 4.74 Å². The van der Waals surface area contributed by atoms with Gasteiger partial charge in [0.2, 0.25) is 0 Å². The van der Waals surface area contributed by atoms with Crippen LogP contribution < -0.4 is 10.1 Å². The summed E-state index contributed by atoms with van der Waals surface area (Å²) in [5.74, 6) is 0.130. The monoisotopic (exact) mass is 370 g/mol. The first-order chi connectivity index (χ1) is 13.1. The van der Waals surface area contributed by atoms with Crippen LogP contribution in [0.15, 0.2) is 30.4 Å². The lowest BCUT2D eigenvalue weighted by Crippen LogP contribution is -2.24. The van der Waals surface area contributed by atoms with Crippen LogP contribution in [-0.2, 0) is 9.53 Å². The van der Waals surface area contributed by atoms with Gasteiger partial charge in [0.15, 0.2) is 0 Å². The summed E-state index contributed by atoms with van der Waals surface area (Å²) in [4.78, 5) is 24.0. The Morgan fingerprint density at radius 3 is 2.67 bits per heavy atom. The number of rotatable bonds is 6. The van der Waals surface area contributed by atoms with Crippen molar-refractivity contribution in [2.45, 2.75) is 38.6 Å². The summed E-state index contributed by atoms with van der Waals surface area (Å²) < 4.78 is 12.2. The molecule has 27 heavy (non-hydrogen) atoms. The highest BCUT2D eigenvalue weighted by molar-refractivity contribution is 6.09. The van der Waals surface area contributed by atoms with Crippen molar-refractivity contribution in [3.63, 3.8) is 0 Å². The van der Waals surface area contributed by atoms with Crippen LogP contribution in [-0.4, -0.2) is 37.2 Å². The predicted molar refractivity (Wildman–Crippen MR) is 104 cm³/mol. The molecule has 1 heterocycles. The minimum absolute atomic E-state index is 0.156. The minimum Gasteiger partial charge on any atom is -0.497 e. The molecule has 3 rings (SSSR count). The molecule has 1 fully saturated rings. The third kappa shape index (κ3) is 3.84. The van der Waals surface area contributed by atoms with Crippen molar-refractivity contribution in [1.82, 2.24) is 9.88 Å². The van der Waals surface area contributed by atoms with Crippen molar-refractivity contribution >= 4 is 22.8 Å². The van der Waals surface area contributed by atoms with Crippen molar-refractivity contribution in [2.75, 3.05) is 20.8 Å². The van der Waals surface area contributed by atoms with Crippen LogP contribution >= 0.6 is 0 Å². The molecule has 144 valence electrons. The standard InChI is InChI=1S/C21H26N2O4/c1-14-20(21(25)22-12-6-9-19(24)27-3)17-13-16(26-2)10-11-18(17)23(14)15-7-4-5-8-15/h6,9-11,13,15H,4-5,7-8,12H2,1-3H3,(H,22,25)/b9-6+. The Kier molecular flexibility index (Phi) is 5.84. The quantitative estimate of drug-likeness (QED) is 0.624. The third-order valence-corrected chi connectivity index (χ3v) is 5.21. The van der Waals surface area contributed by atoms with E-state index in [1.54, 1.807) is 13.2 Å². The second-order valence-electron chi connectivity index (χ2n) is 6.79. The van der Waals surface area contributed by atoms with E-state index in [0.29, 0.717) is 11.6 Å². The Balaban J connectivity index is 1.95. The summed E-state index contributed by atoms with van der Waals surface area (Å²) in [6.45, 7) is 2.26. The third-order valence-electron chi connectivity index (χ3n) is 5.21. The van der Waals surface area contributed by atoms with Crippen molar-refractivity contribution in [2.24, 2.45) is 0 Å². The molecule has 0 bridgehead atoms. The summed E-state index contributed by atoms with van der Waals surface area (Å²) in [7, 11) is 2.94. The summed E-state index contributed by atoms with van der Waals surface area (Å²) in [5, 5.41) is 3.76. The highest BCUT2D eigenvalue weighted by Gasteiger charge is 2.26. The molecule has 1 aliphatic carbocycles. The maximum atomic E-state index is 12.9. The molecule has 6 nitrogen and oxygen atoms in total. The molecule has 0 aliphatic heterocycles. The van der Waals surface area contributed by atoms with Crippen LogP contribution in [0.4, 0.5) is 0 Å². The van der Waals surface area contributed by atoms with Gasteiger partial charge in [0.1, 0.15) is 5.75 Å². The van der Waals surface area contributed by atoms with Gasteiger partial charge in [0.25, 0.3) is 5.91 Å². The summed E-state index contributed by atoms with van der Waals surface area (Å²) in [6, 6.07) is 6.33. The molecule has 1 saturated carbocycles. The number of nitrogens with zero attached hydrogens (tertiary/aromatic N) is 1. The number of hydrogen-bond donors (Lipinski definition) is 1. The largest absolute Gasteiger partial charge is 0.497 e. The summed E-state index contributed by atoms with van der Waals surface area (Å²) >= 11 is 0. The lowest BCUT2D eigenvalue weighted by molar-refractivity contribution is -0.134. The zero-order valence-electron chi connectivity index (χ0n) is 16.1. The topological polar surface area (TPSA) is 69.6 Å². The maximum absolute atomic E-state index is 12.9. The van der Waals surface area contributed by atoms with E-state index in [9.17, 15) is 9.59 Å². The molecule has 1 aromatic heterocycles. The number of methoxy groups -OCH3 is 2. The van der Waals surface area contributed by atoms with Crippen molar-refractivity contribution < 1.29 is 19.1 Å². The van der Waals surface area contributed by atoms with E-state index >= 15 is 0 Å². The first-order valence-corrected chi connectivity index (χ1v) is 9.28. The molecule has 1 aromatic carbocycles. The normalized spacial score (nSPS) is 14.8. The van der Waals surface area contributed by atoms with Gasteiger partial charge in [-0.2, -0.15) is 0 Å². The summed E-state index contributed by atoms with van der Waals surface area (Å²) in [6.07, 6.45) is 7.60. The number of amides is 1. The summed E-state index contributed by atoms with van der Waals surface area (Å²) in [5.41, 5.74) is 2.71. The molecule has 0 atom stereocenters.